The lowest BCUT2D eigenvalue weighted by Gasteiger charge is -2.17. The molecule has 0 radical (unpaired) electrons. The van der Waals surface area contributed by atoms with Gasteiger partial charge in [0.1, 0.15) is 6.04 Å². The van der Waals surface area contributed by atoms with Crippen molar-refractivity contribution in [1.82, 2.24) is 5.32 Å². The lowest BCUT2D eigenvalue weighted by Crippen LogP contribution is -2.38. The summed E-state index contributed by atoms with van der Waals surface area (Å²) >= 11 is 0. The van der Waals surface area contributed by atoms with Crippen molar-refractivity contribution in [3.8, 4) is 0 Å². The van der Waals surface area contributed by atoms with Crippen LogP contribution in [-0.2, 0) is 17.8 Å². The van der Waals surface area contributed by atoms with Crippen LogP contribution in [0.1, 0.15) is 11.1 Å². The van der Waals surface area contributed by atoms with Gasteiger partial charge in [-0.1, -0.05) is 84.9 Å². The third-order valence-corrected chi connectivity index (χ3v) is 5.74. The molecule has 0 aliphatic carbocycles. The second-order valence-corrected chi connectivity index (χ2v) is 7.54. The molecule has 0 aliphatic rings. The highest BCUT2D eigenvalue weighted by Gasteiger charge is 2.18. The van der Waals surface area contributed by atoms with Gasteiger partial charge in [-0.15, -0.1) is 0 Å². The van der Waals surface area contributed by atoms with Gasteiger partial charge in [0.25, 0.3) is 0 Å². The Balaban J connectivity index is 1.50. The average Bonchev–Trinajstić information content (AvgIpc) is 2.76. The Morgan fingerprint density at radius 2 is 1.41 bits per heavy atom. The lowest BCUT2D eigenvalue weighted by atomic mass is 9.92. The van der Waals surface area contributed by atoms with Gasteiger partial charge in [0.05, 0.1) is 0 Å². The minimum absolute atomic E-state index is 0.460. The summed E-state index contributed by atoms with van der Waals surface area (Å²) in [6, 6.07) is 28.4. The molecule has 5 aromatic carbocycles. The topological polar surface area (TPSA) is 49.3 Å². The number of rotatable bonds is 6. The maximum absolute atomic E-state index is 11.8. The van der Waals surface area contributed by atoms with Crippen LogP contribution in [-0.4, -0.2) is 17.1 Å². The number of carboxylic acid groups (broad SMARTS) is 1. The van der Waals surface area contributed by atoms with Crippen LogP contribution in [0.5, 0.6) is 0 Å². The van der Waals surface area contributed by atoms with Crippen LogP contribution >= 0.6 is 0 Å². The number of benzene rings is 5. The Morgan fingerprint density at radius 1 is 0.759 bits per heavy atom. The Hall–Kier alpha value is -3.43. The van der Waals surface area contributed by atoms with Gasteiger partial charge < -0.3 is 5.11 Å². The van der Waals surface area contributed by atoms with Crippen LogP contribution in [0.4, 0.5) is 0 Å². The summed E-state index contributed by atoms with van der Waals surface area (Å²) in [6.45, 7) is 0.512. The van der Waals surface area contributed by atoms with Gasteiger partial charge in [-0.25, -0.2) is 0 Å². The molecule has 0 amide bonds. The number of hydrogen-bond acceptors (Lipinski definition) is 2. The molecule has 5 aromatic rings. The largest absolute Gasteiger partial charge is 0.480 e. The first-order chi connectivity index (χ1) is 14.2. The molecule has 1 atom stereocenters. The zero-order chi connectivity index (χ0) is 19.8. The van der Waals surface area contributed by atoms with Crippen LogP contribution < -0.4 is 5.32 Å². The van der Waals surface area contributed by atoms with Crippen LogP contribution in [0.15, 0.2) is 84.9 Å². The normalized spacial score (nSPS) is 12.7. The summed E-state index contributed by atoms with van der Waals surface area (Å²) in [5.74, 6) is -0.827. The molecule has 0 aromatic heterocycles. The first-order valence-electron chi connectivity index (χ1n) is 9.86. The highest BCUT2D eigenvalue weighted by atomic mass is 16.4. The van der Waals surface area contributed by atoms with Gasteiger partial charge in [0.15, 0.2) is 0 Å². The molecule has 0 unspecified atom stereocenters. The number of carboxylic acids is 1. The van der Waals surface area contributed by atoms with Gasteiger partial charge in [-0.3, -0.25) is 10.1 Å². The second-order valence-electron chi connectivity index (χ2n) is 7.54. The number of aliphatic carboxylic acids is 1. The first kappa shape index (κ1) is 17.7. The molecule has 0 spiro atoms. The lowest BCUT2D eigenvalue weighted by molar-refractivity contribution is -0.139. The molecule has 142 valence electrons. The molecule has 0 saturated carbocycles. The Bertz CT molecular complexity index is 1290. The average molecular weight is 379 g/mol. The minimum atomic E-state index is -0.827. The van der Waals surface area contributed by atoms with Gasteiger partial charge in [-0.2, -0.15) is 0 Å². The molecule has 0 heterocycles. The van der Waals surface area contributed by atoms with E-state index in [4.69, 9.17) is 0 Å². The van der Waals surface area contributed by atoms with E-state index >= 15 is 0 Å². The smallest absolute Gasteiger partial charge is 0.321 e. The van der Waals surface area contributed by atoms with E-state index in [9.17, 15) is 9.90 Å². The van der Waals surface area contributed by atoms with Crippen molar-refractivity contribution in [1.29, 1.82) is 0 Å². The molecule has 0 saturated heterocycles. The molecular weight excluding hydrogens is 358 g/mol. The fourth-order valence-corrected chi connectivity index (χ4v) is 4.28. The van der Waals surface area contributed by atoms with Crippen molar-refractivity contribution >= 4 is 38.3 Å². The summed E-state index contributed by atoms with van der Waals surface area (Å²) in [6.07, 6.45) is 0.460. The van der Waals surface area contributed by atoms with E-state index in [-0.39, 0.29) is 0 Å². The van der Waals surface area contributed by atoms with Crippen LogP contribution in [0, 0.1) is 0 Å². The van der Waals surface area contributed by atoms with Crippen molar-refractivity contribution in [3.05, 3.63) is 96.1 Å². The quantitative estimate of drug-likeness (QED) is 0.390. The van der Waals surface area contributed by atoms with E-state index < -0.39 is 12.0 Å². The summed E-state index contributed by atoms with van der Waals surface area (Å²) < 4.78 is 0. The van der Waals surface area contributed by atoms with Crippen LogP contribution in [0.2, 0.25) is 0 Å². The Morgan fingerprint density at radius 3 is 2.14 bits per heavy atom. The SMILES string of the molecule is O=C(O)[C@H](Cc1ccccc1)NCc1ccc2ccc3cccc4ccc1c2c34. The summed E-state index contributed by atoms with van der Waals surface area (Å²) in [5.41, 5.74) is 2.14. The summed E-state index contributed by atoms with van der Waals surface area (Å²) in [5, 5.41) is 20.4. The third-order valence-electron chi connectivity index (χ3n) is 5.74. The second kappa shape index (κ2) is 7.19. The zero-order valence-electron chi connectivity index (χ0n) is 15.9. The van der Waals surface area contributed by atoms with Crippen LogP contribution in [0.3, 0.4) is 0 Å². The molecule has 3 nitrogen and oxygen atoms in total. The zero-order valence-corrected chi connectivity index (χ0v) is 15.9. The summed E-state index contributed by atoms with van der Waals surface area (Å²) in [4.78, 5) is 11.8. The van der Waals surface area contributed by atoms with E-state index in [1.54, 1.807) is 0 Å². The number of hydrogen-bond donors (Lipinski definition) is 2. The maximum Gasteiger partial charge on any atom is 0.321 e. The molecule has 0 bridgehead atoms. The van der Waals surface area contributed by atoms with Gasteiger partial charge in [0.2, 0.25) is 0 Å². The predicted molar refractivity (Wildman–Crippen MR) is 119 cm³/mol. The van der Waals surface area contributed by atoms with E-state index in [0.29, 0.717) is 13.0 Å². The van der Waals surface area contributed by atoms with E-state index in [1.807, 2.05) is 30.3 Å². The van der Waals surface area contributed by atoms with E-state index in [2.05, 4.69) is 59.9 Å². The number of nitrogens with one attached hydrogen (secondary N) is 1. The minimum Gasteiger partial charge on any atom is -0.480 e. The van der Waals surface area contributed by atoms with E-state index in [1.165, 1.54) is 32.3 Å². The third kappa shape index (κ3) is 3.20. The predicted octanol–water partition coefficient (Wildman–Crippen LogP) is 5.37. The molecule has 29 heavy (non-hydrogen) atoms. The molecule has 3 heteroatoms. The van der Waals surface area contributed by atoms with Crippen molar-refractivity contribution < 1.29 is 9.90 Å². The van der Waals surface area contributed by atoms with Crippen molar-refractivity contribution in [2.75, 3.05) is 0 Å². The van der Waals surface area contributed by atoms with Crippen molar-refractivity contribution in [2.24, 2.45) is 0 Å². The first-order valence-corrected chi connectivity index (χ1v) is 9.86. The van der Waals surface area contributed by atoms with Crippen molar-refractivity contribution in [3.63, 3.8) is 0 Å². The maximum atomic E-state index is 11.8. The highest BCUT2D eigenvalue weighted by Crippen LogP contribution is 2.35. The standard InChI is InChI=1S/C26H21NO2/c28-26(29)23(15-17-5-2-1-3-6-17)27-16-21-12-11-20-10-9-18-7-4-8-19-13-14-22(21)25(20)24(18)19/h1-14,23,27H,15-16H2,(H,28,29)/t23-/m0/s1. The van der Waals surface area contributed by atoms with Crippen LogP contribution in [0.25, 0.3) is 32.3 Å². The fraction of sp³-hybridized carbons (Fsp3) is 0.115. The summed E-state index contributed by atoms with van der Waals surface area (Å²) in [7, 11) is 0. The van der Waals surface area contributed by atoms with Crippen molar-refractivity contribution in [2.45, 2.75) is 19.0 Å². The van der Waals surface area contributed by atoms with Gasteiger partial charge in [-0.05, 0) is 49.9 Å². The molecule has 5 rings (SSSR count). The Labute approximate surface area is 168 Å². The van der Waals surface area contributed by atoms with Gasteiger partial charge in [0, 0.05) is 6.54 Å². The monoisotopic (exact) mass is 379 g/mol. The highest BCUT2D eigenvalue weighted by molar-refractivity contribution is 6.23. The fourth-order valence-electron chi connectivity index (χ4n) is 4.28. The molecule has 0 aliphatic heterocycles. The molecule has 2 N–H and O–H groups in total. The van der Waals surface area contributed by atoms with E-state index in [0.717, 1.165) is 11.1 Å². The number of carbonyl (C=O) groups is 1. The molecular formula is C26H21NO2. The Kier molecular flexibility index (Phi) is 4.38. The van der Waals surface area contributed by atoms with Gasteiger partial charge >= 0.3 is 5.97 Å². The molecule has 0 fully saturated rings.